The Morgan fingerprint density at radius 1 is 1.17 bits per heavy atom. The third-order valence-electron chi connectivity index (χ3n) is 1.98. The Morgan fingerprint density at radius 3 is 2.25 bits per heavy atom. The van der Waals surface area contributed by atoms with Gasteiger partial charge in [0.15, 0.2) is 0 Å². The third kappa shape index (κ3) is 2.32. The normalized spacial score (nSPS) is 21.8. The molecule has 0 amide bonds. The van der Waals surface area contributed by atoms with E-state index in [1.165, 1.54) is 5.41 Å². The minimum atomic E-state index is -3.08. The summed E-state index contributed by atoms with van der Waals surface area (Å²) >= 11 is 0. The Kier molecular flexibility index (Phi) is 3.29. The van der Waals surface area contributed by atoms with Crippen LogP contribution in [0.2, 0.25) is 0 Å². The smallest absolute Gasteiger partial charge is 0.208 e. The summed E-state index contributed by atoms with van der Waals surface area (Å²) in [5, 5.41) is 1.28. The van der Waals surface area contributed by atoms with Crippen LogP contribution in [0.5, 0.6) is 0 Å². The van der Waals surface area contributed by atoms with Gasteiger partial charge in [-0.3, -0.25) is 0 Å². The predicted molar refractivity (Wildman–Crippen MR) is 49.2 cm³/mol. The summed E-state index contributed by atoms with van der Waals surface area (Å²) in [7, 11) is -3.08. The van der Waals surface area contributed by atoms with Crippen LogP contribution in [0.15, 0.2) is 11.5 Å². The highest BCUT2D eigenvalue weighted by Gasteiger charge is 2.20. The second-order valence-corrected chi connectivity index (χ2v) is 4.79. The van der Waals surface area contributed by atoms with Crippen molar-refractivity contribution in [2.24, 2.45) is 0 Å². The minimum Gasteiger partial charge on any atom is -0.208 e. The standard InChI is InChI=1S/C8H15NO2S/c1-2-8-12(10,11)9-6-4-3-5-7-9/h2,8H,3-7H2,1H3/b8-2+. The maximum atomic E-state index is 11.4. The Morgan fingerprint density at radius 2 is 1.75 bits per heavy atom. The van der Waals surface area contributed by atoms with Crippen molar-refractivity contribution in [3.05, 3.63) is 11.5 Å². The van der Waals surface area contributed by atoms with Crippen LogP contribution in [-0.4, -0.2) is 25.8 Å². The molecule has 1 heterocycles. The fourth-order valence-electron chi connectivity index (χ4n) is 1.38. The van der Waals surface area contributed by atoms with Gasteiger partial charge in [0.2, 0.25) is 10.0 Å². The van der Waals surface area contributed by atoms with E-state index >= 15 is 0 Å². The van der Waals surface area contributed by atoms with Crippen LogP contribution >= 0.6 is 0 Å². The quantitative estimate of drug-likeness (QED) is 0.657. The number of hydrogen-bond donors (Lipinski definition) is 0. The molecule has 0 spiro atoms. The van der Waals surface area contributed by atoms with E-state index < -0.39 is 10.0 Å². The van der Waals surface area contributed by atoms with Crippen molar-refractivity contribution in [2.75, 3.05) is 13.1 Å². The van der Waals surface area contributed by atoms with E-state index in [9.17, 15) is 8.42 Å². The number of sulfonamides is 1. The molecule has 0 N–H and O–H groups in total. The Bertz CT molecular complexity index is 250. The second-order valence-electron chi connectivity index (χ2n) is 2.97. The number of nitrogens with zero attached hydrogens (tertiary/aromatic N) is 1. The molecule has 0 unspecified atom stereocenters. The molecule has 1 saturated heterocycles. The van der Waals surface area contributed by atoms with Gasteiger partial charge in [0.05, 0.1) is 0 Å². The molecule has 1 fully saturated rings. The molecule has 0 aromatic heterocycles. The molecule has 0 aromatic rings. The van der Waals surface area contributed by atoms with E-state index in [1.807, 2.05) is 0 Å². The lowest BCUT2D eigenvalue weighted by molar-refractivity contribution is 0.350. The predicted octanol–water partition coefficient (Wildman–Crippen LogP) is 1.34. The number of allylic oxidation sites excluding steroid dienone is 1. The van der Waals surface area contributed by atoms with Crippen LogP contribution in [0.1, 0.15) is 26.2 Å². The first-order chi connectivity index (χ1) is 5.67. The average molecular weight is 189 g/mol. The van der Waals surface area contributed by atoms with Crippen molar-refractivity contribution in [3.8, 4) is 0 Å². The monoisotopic (exact) mass is 189 g/mol. The lowest BCUT2D eigenvalue weighted by Gasteiger charge is -2.24. The number of hydrogen-bond acceptors (Lipinski definition) is 2. The van der Waals surface area contributed by atoms with Gasteiger partial charge in [-0.25, -0.2) is 8.42 Å². The second kappa shape index (κ2) is 4.05. The molecule has 0 aromatic carbocycles. The van der Waals surface area contributed by atoms with Crippen molar-refractivity contribution in [1.29, 1.82) is 0 Å². The first-order valence-electron chi connectivity index (χ1n) is 4.29. The summed E-state index contributed by atoms with van der Waals surface area (Å²) < 4.78 is 24.4. The molecule has 4 heteroatoms. The van der Waals surface area contributed by atoms with E-state index in [1.54, 1.807) is 17.3 Å². The fourth-order valence-corrected chi connectivity index (χ4v) is 2.66. The molecule has 0 radical (unpaired) electrons. The molecule has 1 aliphatic heterocycles. The topological polar surface area (TPSA) is 37.4 Å². The summed E-state index contributed by atoms with van der Waals surface area (Å²) in [5.41, 5.74) is 0. The van der Waals surface area contributed by atoms with Crippen molar-refractivity contribution >= 4 is 10.0 Å². The molecular formula is C8H15NO2S. The Labute approximate surface area is 74.1 Å². The number of piperidine rings is 1. The molecular weight excluding hydrogens is 174 g/mol. The van der Waals surface area contributed by atoms with Crippen molar-refractivity contribution < 1.29 is 8.42 Å². The highest BCUT2D eigenvalue weighted by Crippen LogP contribution is 2.13. The summed E-state index contributed by atoms with van der Waals surface area (Å²) in [6, 6.07) is 0. The maximum absolute atomic E-state index is 11.4. The van der Waals surface area contributed by atoms with Gasteiger partial charge in [-0.05, 0) is 19.8 Å². The zero-order chi connectivity index (χ0) is 9.03. The molecule has 12 heavy (non-hydrogen) atoms. The van der Waals surface area contributed by atoms with Gasteiger partial charge in [-0.15, -0.1) is 0 Å². The van der Waals surface area contributed by atoms with Crippen LogP contribution < -0.4 is 0 Å². The largest absolute Gasteiger partial charge is 0.235 e. The van der Waals surface area contributed by atoms with Gasteiger partial charge in [0.25, 0.3) is 0 Å². The Balaban J connectivity index is 2.67. The van der Waals surface area contributed by atoms with Gasteiger partial charge in [-0.1, -0.05) is 12.5 Å². The molecule has 0 atom stereocenters. The van der Waals surface area contributed by atoms with Crippen molar-refractivity contribution in [2.45, 2.75) is 26.2 Å². The third-order valence-corrected chi connectivity index (χ3v) is 3.68. The van der Waals surface area contributed by atoms with Crippen molar-refractivity contribution in [1.82, 2.24) is 4.31 Å². The number of rotatable bonds is 2. The molecule has 3 nitrogen and oxygen atoms in total. The molecule has 0 bridgehead atoms. The van der Waals surface area contributed by atoms with Crippen LogP contribution in [0, 0.1) is 0 Å². The molecule has 1 rings (SSSR count). The summed E-state index contributed by atoms with van der Waals surface area (Å²) in [6.07, 6.45) is 4.72. The van der Waals surface area contributed by atoms with Crippen LogP contribution in [0.25, 0.3) is 0 Å². The molecule has 1 aliphatic rings. The first kappa shape index (κ1) is 9.74. The Hall–Kier alpha value is -0.350. The zero-order valence-electron chi connectivity index (χ0n) is 7.36. The fraction of sp³-hybridized carbons (Fsp3) is 0.750. The zero-order valence-corrected chi connectivity index (χ0v) is 8.18. The van der Waals surface area contributed by atoms with E-state index in [-0.39, 0.29) is 0 Å². The SMILES string of the molecule is C/C=C/S(=O)(=O)N1CCCCC1. The van der Waals surface area contributed by atoms with Gasteiger partial charge in [0.1, 0.15) is 0 Å². The van der Waals surface area contributed by atoms with Gasteiger partial charge >= 0.3 is 0 Å². The summed E-state index contributed by atoms with van der Waals surface area (Å²) in [5.74, 6) is 0. The highest BCUT2D eigenvalue weighted by molar-refractivity contribution is 7.92. The molecule has 0 aliphatic carbocycles. The van der Waals surface area contributed by atoms with Crippen LogP contribution in [0.4, 0.5) is 0 Å². The highest BCUT2D eigenvalue weighted by atomic mass is 32.2. The van der Waals surface area contributed by atoms with Gasteiger partial charge in [-0.2, -0.15) is 4.31 Å². The van der Waals surface area contributed by atoms with Gasteiger partial charge in [0, 0.05) is 18.5 Å². The lowest BCUT2D eigenvalue weighted by Crippen LogP contribution is -2.34. The summed E-state index contributed by atoms with van der Waals surface area (Å²) in [6.45, 7) is 3.10. The van der Waals surface area contributed by atoms with Crippen LogP contribution in [-0.2, 0) is 10.0 Å². The van der Waals surface area contributed by atoms with E-state index in [0.717, 1.165) is 19.3 Å². The minimum absolute atomic E-state index is 0.687. The first-order valence-corrected chi connectivity index (χ1v) is 5.80. The van der Waals surface area contributed by atoms with E-state index in [0.29, 0.717) is 13.1 Å². The van der Waals surface area contributed by atoms with Crippen molar-refractivity contribution in [3.63, 3.8) is 0 Å². The molecule has 70 valence electrons. The van der Waals surface area contributed by atoms with E-state index in [4.69, 9.17) is 0 Å². The maximum Gasteiger partial charge on any atom is 0.235 e. The average Bonchev–Trinajstić information content (AvgIpc) is 2.06. The summed E-state index contributed by atoms with van der Waals surface area (Å²) in [4.78, 5) is 0. The molecule has 0 saturated carbocycles. The van der Waals surface area contributed by atoms with Crippen LogP contribution in [0.3, 0.4) is 0 Å². The van der Waals surface area contributed by atoms with E-state index in [2.05, 4.69) is 0 Å². The van der Waals surface area contributed by atoms with Gasteiger partial charge < -0.3 is 0 Å². The lowest BCUT2D eigenvalue weighted by atomic mass is 10.2.